The van der Waals surface area contributed by atoms with Crippen LogP contribution in [0.3, 0.4) is 0 Å². The minimum absolute atomic E-state index is 0.0734. The summed E-state index contributed by atoms with van der Waals surface area (Å²) < 4.78 is 5.66. The van der Waals surface area contributed by atoms with E-state index in [0.717, 1.165) is 53.9 Å². The van der Waals surface area contributed by atoms with Crippen LogP contribution in [0, 0.1) is 6.42 Å². The van der Waals surface area contributed by atoms with E-state index in [1.165, 1.54) is 0 Å². The van der Waals surface area contributed by atoms with Gasteiger partial charge in [0.2, 0.25) is 5.91 Å². The van der Waals surface area contributed by atoms with E-state index in [1.54, 1.807) is 5.01 Å². The molecule has 4 rings (SSSR count). The van der Waals surface area contributed by atoms with E-state index in [2.05, 4.69) is 17.1 Å². The van der Waals surface area contributed by atoms with Gasteiger partial charge >= 0.3 is 6.09 Å². The van der Waals surface area contributed by atoms with Crippen molar-refractivity contribution in [3.63, 3.8) is 0 Å². The summed E-state index contributed by atoms with van der Waals surface area (Å²) >= 11 is 0. The van der Waals surface area contributed by atoms with E-state index in [4.69, 9.17) is 9.84 Å². The number of benzene rings is 3. The van der Waals surface area contributed by atoms with Crippen molar-refractivity contribution < 1.29 is 19.4 Å². The number of ether oxygens (including phenoxy) is 1. The van der Waals surface area contributed by atoms with Gasteiger partial charge in [0, 0.05) is 31.7 Å². The van der Waals surface area contributed by atoms with Crippen LogP contribution in [0.1, 0.15) is 24.0 Å². The molecule has 8 heteroatoms. The van der Waals surface area contributed by atoms with Crippen LogP contribution in [0.2, 0.25) is 0 Å². The summed E-state index contributed by atoms with van der Waals surface area (Å²) in [6.07, 6.45) is 3.82. The van der Waals surface area contributed by atoms with Gasteiger partial charge in [0.15, 0.2) is 0 Å². The predicted molar refractivity (Wildman–Crippen MR) is 153 cm³/mol. The Balaban J connectivity index is 1.33. The van der Waals surface area contributed by atoms with Gasteiger partial charge in [-0.05, 0) is 42.0 Å². The van der Waals surface area contributed by atoms with Crippen molar-refractivity contribution in [2.75, 3.05) is 44.4 Å². The summed E-state index contributed by atoms with van der Waals surface area (Å²) in [7, 11) is 0. The number of hydrogen-bond acceptors (Lipinski definition) is 6. The number of aliphatic hydroxyl groups excluding tert-OH is 1. The highest BCUT2D eigenvalue weighted by Gasteiger charge is 2.28. The molecule has 0 spiro atoms. The van der Waals surface area contributed by atoms with Gasteiger partial charge in [0.1, 0.15) is 6.61 Å². The summed E-state index contributed by atoms with van der Waals surface area (Å²) in [6.45, 7) is 3.07. The molecule has 0 saturated carbocycles. The van der Waals surface area contributed by atoms with Crippen molar-refractivity contribution in [1.29, 1.82) is 0 Å². The molecule has 0 atom stereocenters. The number of piperidine rings is 1. The van der Waals surface area contributed by atoms with Gasteiger partial charge in [-0.3, -0.25) is 4.79 Å². The molecule has 0 aliphatic carbocycles. The lowest BCUT2D eigenvalue weighted by Gasteiger charge is -2.37. The van der Waals surface area contributed by atoms with Crippen molar-refractivity contribution in [1.82, 2.24) is 15.6 Å². The van der Waals surface area contributed by atoms with Crippen molar-refractivity contribution in [3.05, 3.63) is 96.4 Å². The number of nitrogens with one attached hydrogen (secondary N) is 2. The van der Waals surface area contributed by atoms with Crippen LogP contribution in [0.4, 0.5) is 10.5 Å². The lowest BCUT2D eigenvalue weighted by atomic mass is 10.0. The van der Waals surface area contributed by atoms with Crippen molar-refractivity contribution in [2.24, 2.45) is 0 Å². The van der Waals surface area contributed by atoms with Crippen molar-refractivity contribution in [3.8, 4) is 11.1 Å². The Morgan fingerprint density at radius 1 is 0.872 bits per heavy atom. The molecule has 0 aromatic heterocycles. The quantitative estimate of drug-likeness (QED) is 0.308. The zero-order chi connectivity index (χ0) is 27.3. The summed E-state index contributed by atoms with van der Waals surface area (Å²) in [5.74, 6) is -0.130. The zero-order valence-electron chi connectivity index (χ0n) is 22.2. The fraction of sp³-hybridized carbons (Fsp3) is 0.323. The summed E-state index contributed by atoms with van der Waals surface area (Å²) in [5, 5.41) is 18.5. The minimum Gasteiger partial charge on any atom is -0.446 e. The molecule has 1 heterocycles. The van der Waals surface area contributed by atoms with Crippen LogP contribution in [-0.4, -0.2) is 61.5 Å². The number of hydrazine groups is 1. The fourth-order valence-electron chi connectivity index (χ4n) is 4.55. The summed E-state index contributed by atoms with van der Waals surface area (Å²) in [4.78, 5) is 25.9. The standard InChI is InChI=1S/C31H37N4O4/c36-21-17-32-24-26-15-13-25(14-16-26)23-30(37)33-18-22-39-31(38)35(34-19-7-2-8-20-34)29-12-6-5-11-28(29)27-9-3-1-4-10-27/h1-6,9-16,32,36H,7-8,17-24H2,(H,33,37). The fourth-order valence-corrected chi connectivity index (χ4v) is 4.55. The molecule has 1 fully saturated rings. The molecule has 3 aromatic carbocycles. The molecule has 3 aromatic rings. The highest BCUT2D eigenvalue weighted by atomic mass is 16.6. The van der Waals surface area contributed by atoms with Crippen LogP contribution in [0.5, 0.6) is 0 Å². The Kier molecular flexibility index (Phi) is 10.9. The van der Waals surface area contributed by atoms with E-state index in [0.29, 0.717) is 13.1 Å². The largest absolute Gasteiger partial charge is 0.446 e. The maximum absolute atomic E-state index is 13.4. The third kappa shape index (κ3) is 8.38. The number of aliphatic hydroxyl groups is 1. The number of amides is 2. The molecule has 1 aliphatic rings. The smallest absolute Gasteiger partial charge is 0.429 e. The molecule has 1 saturated heterocycles. The zero-order valence-corrected chi connectivity index (χ0v) is 22.2. The number of para-hydroxylation sites is 1. The molecule has 0 bridgehead atoms. The van der Waals surface area contributed by atoms with Gasteiger partial charge in [-0.25, -0.2) is 14.8 Å². The van der Waals surface area contributed by atoms with Crippen LogP contribution in [0.15, 0.2) is 78.9 Å². The Morgan fingerprint density at radius 2 is 1.56 bits per heavy atom. The van der Waals surface area contributed by atoms with Gasteiger partial charge in [0.25, 0.3) is 0 Å². The second-order valence-electron chi connectivity index (χ2n) is 9.37. The van der Waals surface area contributed by atoms with Gasteiger partial charge in [-0.1, -0.05) is 72.8 Å². The first-order chi connectivity index (χ1) is 19.2. The third-order valence-corrected chi connectivity index (χ3v) is 6.51. The number of anilines is 1. The summed E-state index contributed by atoms with van der Waals surface area (Å²) in [6, 6.07) is 25.6. The highest BCUT2D eigenvalue weighted by Crippen LogP contribution is 2.33. The predicted octanol–water partition coefficient (Wildman–Crippen LogP) is 3.95. The number of nitrogens with zero attached hydrogens (tertiary/aromatic N) is 2. The number of rotatable bonds is 12. The monoisotopic (exact) mass is 529 g/mol. The number of carbonyl (C=O) groups is 2. The maximum atomic E-state index is 13.4. The van der Waals surface area contributed by atoms with E-state index < -0.39 is 6.09 Å². The van der Waals surface area contributed by atoms with E-state index >= 15 is 0 Å². The first-order valence-corrected chi connectivity index (χ1v) is 13.5. The second-order valence-corrected chi connectivity index (χ2v) is 9.37. The highest BCUT2D eigenvalue weighted by molar-refractivity contribution is 5.93. The molecule has 3 N–H and O–H groups in total. The molecule has 1 aliphatic heterocycles. The molecule has 205 valence electrons. The lowest BCUT2D eigenvalue weighted by Crippen LogP contribution is -2.50. The minimum atomic E-state index is -0.458. The van der Waals surface area contributed by atoms with Gasteiger partial charge in [-0.2, -0.15) is 0 Å². The second kappa shape index (κ2) is 15.0. The third-order valence-electron chi connectivity index (χ3n) is 6.51. The van der Waals surface area contributed by atoms with Crippen LogP contribution in [0.25, 0.3) is 11.1 Å². The molecular formula is C31H37N4O4. The molecule has 0 unspecified atom stereocenters. The lowest BCUT2D eigenvalue weighted by molar-refractivity contribution is -0.120. The van der Waals surface area contributed by atoms with Crippen molar-refractivity contribution >= 4 is 17.7 Å². The molecule has 1 radical (unpaired) electrons. The molecular weight excluding hydrogens is 492 g/mol. The average Bonchev–Trinajstić information content (AvgIpc) is 2.98. The van der Waals surface area contributed by atoms with Gasteiger partial charge < -0.3 is 20.5 Å². The Bertz CT molecular complexity index is 1180. The Labute approximate surface area is 230 Å². The topological polar surface area (TPSA) is 94.1 Å². The number of hydrogen-bond donors (Lipinski definition) is 3. The normalized spacial score (nSPS) is 13.6. The maximum Gasteiger partial charge on any atom is 0.429 e. The van der Waals surface area contributed by atoms with Gasteiger partial charge in [0.05, 0.1) is 25.3 Å². The van der Waals surface area contributed by atoms with E-state index in [-0.39, 0.29) is 32.1 Å². The Morgan fingerprint density at radius 3 is 2.31 bits per heavy atom. The van der Waals surface area contributed by atoms with Gasteiger partial charge in [-0.15, -0.1) is 0 Å². The average molecular weight is 530 g/mol. The first kappa shape index (κ1) is 28.3. The molecule has 2 amide bonds. The Hall–Kier alpha value is -3.72. The summed E-state index contributed by atoms with van der Waals surface area (Å²) in [5.41, 5.74) is 4.74. The number of carbonyl (C=O) groups excluding carboxylic acids is 2. The molecule has 39 heavy (non-hydrogen) atoms. The van der Waals surface area contributed by atoms with Crippen LogP contribution >= 0.6 is 0 Å². The van der Waals surface area contributed by atoms with Crippen molar-refractivity contribution in [2.45, 2.75) is 25.8 Å². The van der Waals surface area contributed by atoms with E-state index in [1.807, 2.05) is 83.9 Å². The molecule has 8 nitrogen and oxygen atoms in total. The SMILES string of the molecule is O=C(Cc1ccc(CNCCO)cc1)NCCOC(=O)N(c1ccccc1-c1ccccc1)N1CC[CH]CC1. The van der Waals surface area contributed by atoms with E-state index in [9.17, 15) is 9.59 Å². The first-order valence-electron chi connectivity index (χ1n) is 13.5. The van der Waals surface area contributed by atoms with Crippen LogP contribution < -0.4 is 15.6 Å². The van der Waals surface area contributed by atoms with Crippen LogP contribution in [-0.2, 0) is 22.5 Å².